The van der Waals surface area contributed by atoms with Crippen LogP contribution in [0.4, 0.5) is 0 Å². The Morgan fingerprint density at radius 2 is 2.21 bits per heavy atom. The average Bonchev–Trinajstić information content (AvgIpc) is 2.01. The highest BCUT2D eigenvalue weighted by Gasteiger charge is 2.02. The maximum atomic E-state index is 5.73. The Kier molecular flexibility index (Phi) is 4.58. The molecule has 0 aliphatic rings. The summed E-state index contributed by atoms with van der Waals surface area (Å²) < 4.78 is 1.13. The molecule has 0 heterocycles. The zero-order chi connectivity index (χ0) is 10.6. The first-order chi connectivity index (χ1) is 6.58. The fourth-order valence-corrected chi connectivity index (χ4v) is 1.95. The summed E-state index contributed by atoms with van der Waals surface area (Å²) in [6.45, 7) is 3.89. The highest BCUT2D eigenvalue weighted by atomic mass is 79.9. The molecule has 0 saturated heterocycles. The minimum Gasteiger partial charge on any atom is -0.327 e. The van der Waals surface area contributed by atoms with E-state index in [0.29, 0.717) is 0 Å². The molecule has 2 nitrogen and oxygen atoms in total. The summed E-state index contributed by atoms with van der Waals surface area (Å²) in [7, 11) is 2.09. The number of hydrogen-bond acceptors (Lipinski definition) is 2. The second kappa shape index (κ2) is 5.49. The number of nitrogens with zero attached hydrogens (tertiary/aromatic N) is 1. The number of nitrogens with two attached hydrogens (primary N) is 1. The number of benzene rings is 1. The third-order valence-electron chi connectivity index (χ3n) is 1.94. The van der Waals surface area contributed by atoms with Crippen molar-refractivity contribution in [2.75, 3.05) is 13.6 Å². The topological polar surface area (TPSA) is 29.3 Å². The van der Waals surface area contributed by atoms with Crippen molar-refractivity contribution in [3.05, 3.63) is 34.3 Å². The van der Waals surface area contributed by atoms with E-state index in [1.807, 2.05) is 13.0 Å². The molecule has 1 aromatic carbocycles. The first kappa shape index (κ1) is 11.7. The van der Waals surface area contributed by atoms with Crippen molar-refractivity contribution in [3.8, 4) is 0 Å². The van der Waals surface area contributed by atoms with E-state index in [9.17, 15) is 0 Å². The van der Waals surface area contributed by atoms with Gasteiger partial charge in [-0.25, -0.2) is 0 Å². The molecular formula is C11H17BrN2. The van der Waals surface area contributed by atoms with Gasteiger partial charge in [0.05, 0.1) is 0 Å². The van der Waals surface area contributed by atoms with Crippen molar-refractivity contribution in [2.45, 2.75) is 19.5 Å². The van der Waals surface area contributed by atoms with E-state index in [-0.39, 0.29) is 6.04 Å². The molecule has 14 heavy (non-hydrogen) atoms. The van der Waals surface area contributed by atoms with E-state index in [1.54, 1.807) is 0 Å². The quantitative estimate of drug-likeness (QED) is 0.896. The molecule has 1 atom stereocenters. The molecule has 0 bridgehead atoms. The summed E-state index contributed by atoms with van der Waals surface area (Å²) in [5, 5.41) is 0. The number of hydrogen-bond donors (Lipinski definition) is 1. The molecule has 2 N–H and O–H groups in total. The molecule has 0 aliphatic heterocycles. The lowest BCUT2D eigenvalue weighted by Crippen LogP contribution is -2.32. The van der Waals surface area contributed by atoms with Crippen LogP contribution in [0.1, 0.15) is 12.5 Å². The fourth-order valence-electron chi connectivity index (χ4n) is 1.50. The third kappa shape index (κ3) is 4.22. The molecule has 1 unspecified atom stereocenters. The summed E-state index contributed by atoms with van der Waals surface area (Å²) >= 11 is 3.46. The monoisotopic (exact) mass is 256 g/mol. The minimum absolute atomic E-state index is 0.229. The molecule has 78 valence electrons. The van der Waals surface area contributed by atoms with Crippen molar-refractivity contribution in [1.29, 1.82) is 0 Å². The Labute approximate surface area is 94.2 Å². The van der Waals surface area contributed by atoms with Crippen LogP contribution < -0.4 is 5.73 Å². The number of rotatable bonds is 4. The summed E-state index contributed by atoms with van der Waals surface area (Å²) in [6.07, 6.45) is 0. The number of halogens is 1. The molecular weight excluding hydrogens is 240 g/mol. The van der Waals surface area contributed by atoms with Crippen LogP contribution in [-0.4, -0.2) is 24.5 Å². The van der Waals surface area contributed by atoms with Crippen LogP contribution in [0.15, 0.2) is 28.7 Å². The fraction of sp³-hybridized carbons (Fsp3) is 0.455. The van der Waals surface area contributed by atoms with Crippen molar-refractivity contribution < 1.29 is 0 Å². The maximum Gasteiger partial charge on any atom is 0.0231 e. The van der Waals surface area contributed by atoms with Crippen molar-refractivity contribution in [1.82, 2.24) is 4.90 Å². The molecule has 0 radical (unpaired) electrons. The second-order valence-corrected chi connectivity index (χ2v) is 4.72. The van der Waals surface area contributed by atoms with Gasteiger partial charge < -0.3 is 10.6 Å². The van der Waals surface area contributed by atoms with Gasteiger partial charge in [0.2, 0.25) is 0 Å². The highest BCUT2D eigenvalue weighted by molar-refractivity contribution is 9.10. The Balaban J connectivity index is 2.51. The van der Waals surface area contributed by atoms with E-state index in [0.717, 1.165) is 17.6 Å². The van der Waals surface area contributed by atoms with Gasteiger partial charge in [-0.05, 0) is 31.7 Å². The Morgan fingerprint density at radius 3 is 2.79 bits per heavy atom. The standard InChI is InChI=1S/C11H17BrN2/c1-9(13)7-14(2)8-10-4-3-5-11(12)6-10/h3-6,9H,7-8,13H2,1-2H3. The lowest BCUT2D eigenvalue weighted by Gasteiger charge is -2.18. The van der Waals surface area contributed by atoms with E-state index in [2.05, 4.69) is 46.1 Å². The molecule has 0 spiro atoms. The third-order valence-corrected chi connectivity index (χ3v) is 2.43. The van der Waals surface area contributed by atoms with E-state index < -0.39 is 0 Å². The minimum atomic E-state index is 0.229. The van der Waals surface area contributed by atoms with Gasteiger partial charge in [-0.2, -0.15) is 0 Å². The molecule has 3 heteroatoms. The second-order valence-electron chi connectivity index (χ2n) is 3.80. The molecule has 1 rings (SSSR count). The van der Waals surface area contributed by atoms with Gasteiger partial charge in [0.1, 0.15) is 0 Å². The molecule has 0 amide bonds. The molecule has 0 fully saturated rings. The SMILES string of the molecule is CC(N)CN(C)Cc1cccc(Br)c1. The van der Waals surface area contributed by atoms with Gasteiger partial charge in [-0.1, -0.05) is 28.1 Å². The predicted octanol–water partition coefficient (Wildman–Crippen LogP) is 2.23. The van der Waals surface area contributed by atoms with Crippen LogP contribution >= 0.6 is 15.9 Å². The van der Waals surface area contributed by atoms with Gasteiger partial charge in [-0.15, -0.1) is 0 Å². The normalized spacial score (nSPS) is 13.2. The maximum absolute atomic E-state index is 5.73. The smallest absolute Gasteiger partial charge is 0.0231 e. The molecule has 0 saturated carbocycles. The van der Waals surface area contributed by atoms with Crippen LogP contribution in [-0.2, 0) is 6.54 Å². The number of likely N-dealkylation sites (N-methyl/N-ethyl adjacent to an activating group) is 1. The van der Waals surface area contributed by atoms with Crippen LogP contribution in [0, 0.1) is 0 Å². The predicted molar refractivity (Wildman–Crippen MR) is 64.1 cm³/mol. The molecule has 1 aromatic rings. The largest absolute Gasteiger partial charge is 0.327 e. The molecule has 0 aromatic heterocycles. The zero-order valence-electron chi connectivity index (χ0n) is 8.70. The first-order valence-corrected chi connectivity index (χ1v) is 5.56. The first-order valence-electron chi connectivity index (χ1n) is 4.76. The van der Waals surface area contributed by atoms with E-state index in [4.69, 9.17) is 5.73 Å². The van der Waals surface area contributed by atoms with Gasteiger partial charge in [-0.3, -0.25) is 0 Å². The van der Waals surface area contributed by atoms with Crippen LogP contribution in [0.25, 0.3) is 0 Å². The van der Waals surface area contributed by atoms with Crippen LogP contribution in [0.3, 0.4) is 0 Å². The van der Waals surface area contributed by atoms with Gasteiger partial charge in [0.15, 0.2) is 0 Å². The zero-order valence-corrected chi connectivity index (χ0v) is 10.3. The van der Waals surface area contributed by atoms with Crippen LogP contribution in [0.5, 0.6) is 0 Å². The van der Waals surface area contributed by atoms with E-state index in [1.165, 1.54) is 5.56 Å². The summed E-state index contributed by atoms with van der Waals surface area (Å²) in [5.74, 6) is 0. The highest BCUT2D eigenvalue weighted by Crippen LogP contribution is 2.12. The Morgan fingerprint density at radius 1 is 1.50 bits per heavy atom. The molecule has 0 aliphatic carbocycles. The van der Waals surface area contributed by atoms with Gasteiger partial charge in [0.25, 0.3) is 0 Å². The summed E-state index contributed by atoms with van der Waals surface area (Å²) in [4.78, 5) is 2.23. The van der Waals surface area contributed by atoms with Gasteiger partial charge in [0, 0.05) is 23.6 Å². The average molecular weight is 257 g/mol. The lowest BCUT2D eigenvalue weighted by atomic mass is 10.2. The summed E-state index contributed by atoms with van der Waals surface area (Å²) in [6, 6.07) is 8.58. The summed E-state index contributed by atoms with van der Waals surface area (Å²) in [5.41, 5.74) is 7.03. The van der Waals surface area contributed by atoms with Crippen molar-refractivity contribution >= 4 is 15.9 Å². The van der Waals surface area contributed by atoms with Crippen LogP contribution in [0.2, 0.25) is 0 Å². The van der Waals surface area contributed by atoms with Crippen molar-refractivity contribution in [3.63, 3.8) is 0 Å². The Bertz CT molecular complexity index is 286. The lowest BCUT2D eigenvalue weighted by molar-refractivity contribution is 0.310. The Hall–Kier alpha value is -0.380. The van der Waals surface area contributed by atoms with Gasteiger partial charge >= 0.3 is 0 Å². The van der Waals surface area contributed by atoms with Crippen molar-refractivity contribution in [2.24, 2.45) is 5.73 Å². The van der Waals surface area contributed by atoms with E-state index >= 15 is 0 Å².